The number of methoxy groups -OCH3 is 1. The monoisotopic (exact) mass is 350 g/mol. The van der Waals surface area contributed by atoms with Crippen molar-refractivity contribution >= 4 is 29.6 Å². The number of hydrogen-bond acceptors (Lipinski definition) is 7. The third-order valence-electron chi connectivity index (χ3n) is 3.41. The summed E-state index contributed by atoms with van der Waals surface area (Å²) in [6.07, 6.45) is -2.07. The highest BCUT2D eigenvalue weighted by Crippen LogP contribution is 2.30. The van der Waals surface area contributed by atoms with Crippen molar-refractivity contribution in [1.82, 2.24) is 5.32 Å². The minimum atomic E-state index is -1.22. The molecule has 1 aromatic carbocycles. The van der Waals surface area contributed by atoms with E-state index in [1.54, 1.807) is 24.3 Å². The molecule has 0 radical (unpaired) electrons. The predicted molar refractivity (Wildman–Crippen MR) is 85.0 cm³/mol. The molecule has 0 fully saturated rings. The van der Waals surface area contributed by atoms with E-state index in [2.05, 4.69) is 4.74 Å². The molecule has 134 valence electrons. The number of amides is 3. The molecule has 0 spiro atoms. The highest BCUT2D eigenvalue weighted by atomic mass is 16.6. The highest BCUT2D eigenvalue weighted by Gasteiger charge is 2.27. The Morgan fingerprint density at radius 2 is 2.04 bits per heavy atom. The zero-order chi connectivity index (χ0) is 18.4. The van der Waals surface area contributed by atoms with E-state index in [1.165, 1.54) is 11.8 Å². The van der Waals surface area contributed by atoms with Crippen molar-refractivity contribution in [2.75, 3.05) is 25.2 Å². The number of rotatable bonds is 4. The van der Waals surface area contributed by atoms with Crippen LogP contribution in [0.5, 0.6) is 5.75 Å². The molecule has 0 saturated heterocycles. The van der Waals surface area contributed by atoms with Gasteiger partial charge < -0.3 is 14.2 Å². The van der Waals surface area contributed by atoms with Crippen molar-refractivity contribution in [2.24, 2.45) is 0 Å². The maximum atomic E-state index is 12.2. The Balaban J connectivity index is 2.03. The Kier molecular flexibility index (Phi) is 5.93. The van der Waals surface area contributed by atoms with E-state index < -0.39 is 24.1 Å². The highest BCUT2D eigenvalue weighted by molar-refractivity contribution is 6.00. The van der Waals surface area contributed by atoms with Gasteiger partial charge in [0.15, 0.2) is 6.10 Å². The van der Waals surface area contributed by atoms with E-state index in [1.807, 2.05) is 5.32 Å². The number of imide groups is 1. The van der Waals surface area contributed by atoms with Gasteiger partial charge in [0.2, 0.25) is 5.91 Å². The second-order valence-electron chi connectivity index (χ2n) is 5.16. The van der Waals surface area contributed by atoms with E-state index in [9.17, 15) is 19.2 Å². The van der Waals surface area contributed by atoms with Gasteiger partial charge in [0.1, 0.15) is 12.3 Å². The summed E-state index contributed by atoms with van der Waals surface area (Å²) < 4.78 is 14.7. The lowest BCUT2D eigenvalue weighted by Crippen LogP contribution is -2.42. The van der Waals surface area contributed by atoms with Crippen LogP contribution in [0.25, 0.3) is 0 Å². The Labute approximate surface area is 143 Å². The van der Waals surface area contributed by atoms with Gasteiger partial charge in [-0.1, -0.05) is 12.1 Å². The van der Waals surface area contributed by atoms with Crippen molar-refractivity contribution < 1.29 is 33.4 Å². The molecule has 25 heavy (non-hydrogen) atoms. The van der Waals surface area contributed by atoms with Crippen LogP contribution in [-0.2, 0) is 23.9 Å². The van der Waals surface area contributed by atoms with Gasteiger partial charge in [0.25, 0.3) is 5.91 Å². The first-order valence-electron chi connectivity index (χ1n) is 7.53. The molecule has 2 rings (SSSR count). The number of benzene rings is 1. The average molecular weight is 350 g/mol. The molecule has 1 heterocycles. The van der Waals surface area contributed by atoms with Crippen molar-refractivity contribution in [3.8, 4) is 5.75 Å². The molecule has 1 aliphatic heterocycles. The van der Waals surface area contributed by atoms with Crippen LogP contribution in [-0.4, -0.2) is 50.2 Å². The quantitative estimate of drug-likeness (QED) is 0.792. The SMILES string of the molecule is COC(=O)NC(=O)[C@H](C)OC(=O)CN1C(=O)CCOc2ccccc21. The van der Waals surface area contributed by atoms with Crippen LogP contribution >= 0.6 is 0 Å². The van der Waals surface area contributed by atoms with E-state index >= 15 is 0 Å². The molecule has 1 atom stereocenters. The maximum absolute atomic E-state index is 12.2. The fourth-order valence-corrected chi connectivity index (χ4v) is 2.16. The van der Waals surface area contributed by atoms with Gasteiger partial charge in [-0.3, -0.25) is 24.6 Å². The van der Waals surface area contributed by atoms with Crippen LogP contribution in [0.4, 0.5) is 10.5 Å². The fourth-order valence-electron chi connectivity index (χ4n) is 2.16. The number of carbonyl (C=O) groups excluding carboxylic acids is 4. The van der Waals surface area contributed by atoms with Gasteiger partial charge in [0, 0.05) is 0 Å². The molecule has 9 heteroatoms. The molecule has 9 nitrogen and oxygen atoms in total. The second kappa shape index (κ2) is 8.13. The van der Waals surface area contributed by atoms with Crippen molar-refractivity contribution in [3.05, 3.63) is 24.3 Å². The van der Waals surface area contributed by atoms with E-state index in [-0.39, 0.29) is 25.5 Å². The summed E-state index contributed by atoms with van der Waals surface area (Å²) in [5.41, 5.74) is 0.452. The van der Waals surface area contributed by atoms with Crippen molar-refractivity contribution in [2.45, 2.75) is 19.4 Å². The first-order chi connectivity index (χ1) is 11.9. The number of esters is 1. The zero-order valence-electron chi connectivity index (χ0n) is 13.8. The maximum Gasteiger partial charge on any atom is 0.413 e. The number of alkyl carbamates (subject to hydrolysis) is 1. The Hall–Kier alpha value is -3.10. The van der Waals surface area contributed by atoms with Crippen molar-refractivity contribution in [3.63, 3.8) is 0 Å². The number of hydrogen-bond donors (Lipinski definition) is 1. The largest absolute Gasteiger partial charge is 0.491 e. The van der Waals surface area contributed by atoms with Gasteiger partial charge >= 0.3 is 12.1 Å². The lowest BCUT2D eigenvalue weighted by atomic mass is 10.2. The lowest BCUT2D eigenvalue weighted by molar-refractivity contribution is -0.153. The summed E-state index contributed by atoms with van der Waals surface area (Å²) in [5, 5.41) is 1.89. The molecule has 0 aromatic heterocycles. The molecule has 3 amide bonds. The summed E-state index contributed by atoms with van der Waals surface area (Å²) in [6.45, 7) is 1.13. The molecule has 0 unspecified atom stereocenters. The average Bonchev–Trinajstić information content (AvgIpc) is 2.74. The molecule has 0 aliphatic carbocycles. The summed E-state index contributed by atoms with van der Waals surface area (Å²) in [7, 11) is 1.10. The van der Waals surface area contributed by atoms with Crippen LogP contribution < -0.4 is 15.0 Å². The molecule has 1 aromatic rings. The first-order valence-corrected chi connectivity index (χ1v) is 7.53. The number of fused-ring (bicyclic) bond motifs is 1. The molecular weight excluding hydrogens is 332 g/mol. The van der Waals surface area contributed by atoms with Crippen LogP contribution in [0, 0.1) is 0 Å². The number of para-hydroxylation sites is 2. The first kappa shape index (κ1) is 18.2. The van der Waals surface area contributed by atoms with Gasteiger partial charge in [-0.2, -0.15) is 0 Å². The van der Waals surface area contributed by atoms with Crippen LogP contribution in [0.3, 0.4) is 0 Å². The predicted octanol–water partition coefficient (Wildman–Crippen LogP) is 0.616. The van der Waals surface area contributed by atoms with Crippen LogP contribution in [0.15, 0.2) is 24.3 Å². The van der Waals surface area contributed by atoms with E-state index in [0.29, 0.717) is 11.4 Å². The summed E-state index contributed by atoms with van der Waals surface area (Å²) in [4.78, 5) is 48.2. The third kappa shape index (κ3) is 4.69. The van der Waals surface area contributed by atoms with E-state index in [4.69, 9.17) is 9.47 Å². The Morgan fingerprint density at radius 3 is 2.76 bits per heavy atom. The van der Waals surface area contributed by atoms with Gasteiger partial charge in [0.05, 0.1) is 25.8 Å². The third-order valence-corrected chi connectivity index (χ3v) is 3.41. The smallest absolute Gasteiger partial charge is 0.413 e. The number of nitrogens with zero attached hydrogens (tertiary/aromatic N) is 1. The summed E-state index contributed by atoms with van der Waals surface area (Å²) in [5.74, 6) is -1.44. The number of carbonyl (C=O) groups is 4. The Bertz CT molecular complexity index is 689. The topological polar surface area (TPSA) is 111 Å². The standard InChI is InChI=1S/C16H18N2O7/c1-10(15(21)17-16(22)23-2)25-14(20)9-18-11-5-3-4-6-12(11)24-8-7-13(18)19/h3-6,10H,7-9H2,1-2H3,(H,17,21,22)/t10-/m0/s1. The molecule has 1 N–H and O–H groups in total. The molecule has 0 saturated carbocycles. The minimum Gasteiger partial charge on any atom is -0.491 e. The zero-order valence-corrected chi connectivity index (χ0v) is 13.8. The molecule has 1 aliphatic rings. The van der Waals surface area contributed by atoms with E-state index in [0.717, 1.165) is 7.11 Å². The van der Waals surface area contributed by atoms with Crippen LogP contribution in [0.2, 0.25) is 0 Å². The van der Waals surface area contributed by atoms with Gasteiger partial charge in [-0.25, -0.2) is 4.79 Å². The Morgan fingerprint density at radius 1 is 1.32 bits per heavy atom. The molecular formula is C16H18N2O7. The van der Waals surface area contributed by atoms with Gasteiger partial charge in [-0.15, -0.1) is 0 Å². The minimum absolute atomic E-state index is 0.111. The number of ether oxygens (including phenoxy) is 3. The summed E-state index contributed by atoms with van der Waals surface area (Å²) >= 11 is 0. The number of nitrogens with one attached hydrogen (secondary N) is 1. The number of anilines is 1. The van der Waals surface area contributed by atoms with Gasteiger partial charge in [-0.05, 0) is 19.1 Å². The fraction of sp³-hybridized carbons (Fsp3) is 0.375. The summed E-state index contributed by atoms with van der Waals surface area (Å²) in [6, 6.07) is 6.81. The molecule has 0 bridgehead atoms. The lowest BCUT2D eigenvalue weighted by Gasteiger charge is -2.21. The van der Waals surface area contributed by atoms with Crippen molar-refractivity contribution in [1.29, 1.82) is 0 Å². The normalized spacial score (nSPS) is 14.5. The second-order valence-corrected chi connectivity index (χ2v) is 5.16. The van der Waals surface area contributed by atoms with Crippen LogP contribution in [0.1, 0.15) is 13.3 Å².